The van der Waals surface area contributed by atoms with Crippen LogP contribution in [0.3, 0.4) is 0 Å². The Morgan fingerprint density at radius 3 is 2.42 bits per heavy atom. The third kappa shape index (κ3) is 4.38. The smallest absolute Gasteiger partial charge is 0.350 e. The lowest BCUT2D eigenvalue weighted by atomic mass is 10.3. The average Bonchev–Trinajstić information content (AvgIpc) is 2.94. The number of sulfonamides is 1. The lowest BCUT2D eigenvalue weighted by Crippen LogP contribution is -2.22. The van der Waals surface area contributed by atoms with Crippen molar-refractivity contribution >= 4 is 44.1 Å². The number of hydrogen-bond donors (Lipinski definition) is 1. The van der Waals surface area contributed by atoms with Crippen molar-refractivity contribution in [2.45, 2.75) is 25.7 Å². The minimum Gasteiger partial charge on any atom is -0.462 e. The van der Waals surface area contributed by atoms with Crippen molar-refractivity contribution in [3.63, 3.8) is 0 Å². The maximum absolute atomic E-state index is 12.5. The van der Waals surface area contributed by atoms with Gasteiger partial charge >= 0.3 is 5.97 Å². The number of carbonyl (C=O) groups is 2. The first kappa shape index (κ1) is 19.9. The number of aromatic nitrogens is 1. The van der Waals surface area contributed by atoms with E-state index in [9.17, 15) is 18.0 Å². The van der Waals surface area contributed by atoms with E-state index in [-0.39, 0.29) is 27.4 Å². The molecule has 0 aliphatic heterocycles. The van der Waals surface area contributed by atoms with Gasteiger partial charge in [-0.3, -0.25) is 9.52 Å². The van der Waals surface area contributed by atoms with E-state index in [0.29, 0.717) is 11.4 Å². The number of amides is 1. The summed E-state index contributed by atoms with van der Waals surface area (Å²) in [6.45, 7) is 4.93. The van der Waals surface area contributed by atoms with Gasteiger partial charge < -0.3 is 9.64 Å². The van der Waals surface area contributed by atoms with E-state index in [4.69, 9.17) is 4.74 Å². The van der Waals surface area contributed by atoms with Crippen LogP contribution >= 0.6 is 11.3 Å². The van der Waals surface area contributed by atoms with Gasteiger partial charge in [0, 0.05) is 19.7 Å². The van der Waals surface area contributed by atoms with E-state index >= 15 is 0 Å². The molecule has 10 heteroatoms. The monoisotopic (exact) mass is 397 g/mol. The van der Waals surface area contributed by atoms with Crippen molar-refractivity contribution in [3.8, 4) is 0 Å². The number of carbonyl (C=O) groups excluding carboxylic acids is 2. The van der Waals surface area contributed by atoms with Crippen molar-refractivity contribution in [2.24, 2.45) is 0 Å². The second kappa shape index (κ2) is 7.83. The van der Waals surface area contributed by atoms with Gasteiger partial charge in [0.2, 0.25) is 5.91 Å². The van der Waals surface area contributed by atoms with Crippen LogP contribution < -0.4 is 9.62 Å². The van der Waals surface area contributed by atoms with E-state index in [1.165, 1.54) is 36.1 Å². The molecule has 1 aromatic carbocycles. The van der Waals surface area contributed by atoms with Crippen molar-refractivity contribution < 1.29 is 22.7 Å². The van der Waals surface area contributed by atoms with Crippen LogP contribution in [0, 0.1) is 6.92 Å². The second-order valence-corrected chi connectivity index (χ2v) is 8.01. The summed E-state index contributed by atoms with van der Waals surface area (Å²) in [5.41, 5.74) is 0.968. The van der Waals surface area contributed by atoms with Crippen molar-refractivity contribution in [3.05, 3.63) is 34.8 Å². The van der Waals surface area contributed by atoms with Crippen LogP contribution in [0.25, 0.3) is 0 Å². The summed E-state index contributed by atoms with van der Waals surface area (Å²) in [5, 5.41) is 0.0792. The fraction of sp³-hybridized carbons (Fsp3) is 0.312. The highest BCUT2D eigenvalue weighted by Gasteiger charge is 2.21. The molecule has 0 saturated heterocycles. The van der Waals surface area contributed by atoms with Gasteiger partial charge in [0.1, 0.15) is 4.88 Å². The van der Waals surface area contributed by atoms with Crippen LogP contribution in [0.2, 0.25) is 0 Å². The number of esters is 1. The first-order valence-corrected chi connectivity index (χ1v) is 9.97. The predicted molar refractivity (Wildman–Crippen MR) is 99.1 cm³/mol. The van der Waals surface area contributed by atoms with E-state index in [1.807, 2.05) is 0 Å². The van der Waals surface area contributed by atoms with Crippen molar-refractivity contribution in [1.82, 2.24) is 4.98 Å². The summed E-state index contributed by atoms with van der Waals surface area (Å²) in [4.78, 5) is 28.9. The zero-order valence-corrected chi connectivity index (χ0v) is 16.4. The molecule has 0 saturated carbocycles. The molecule has 0 radical (unpaired) electrons. The van der Waals surface area contributed by atoms with Crippen LogP contribution in [0.4, 0.5) is 10.8 Å². The average molecular weight is 397 g/mol. The molecule has 0 aliphatic carbocycles. The minimum atomic E-state index is -3.88. The Morgan fingerprint density at radius 1 is 1.27 bits per heavy atom. The zero-order valence-electron chi connectivity index (χ0n) is 14.8. The summed E-state index contributed by atoms with van der Waals surface area (Å²) in [6.07, 6.45) is 0. The van der Waals surface area contributed by atoms with Crippen molar-refractivity contribution in [2.75, 3.05) is 23.3 Å². The Morgan fingerprint density at radius 2 is 1.88 bits per heavy atom. The SMILES string of the molecule is CCOC(=O)c1sc(NS(=O)(=O)c2ccc(N(C)C(C)=O)cc2)nc1C. The standard InChI is InChI=1S/C16H19N3O5S2/c1-5-24-15(21)14-10(2)17-16(25-14)18-26(22,23)13-8-6-12(7-9-13)19(4)11(3)20/h6-9H,5H2,1-4H3,(H,17,18). The maximum Gasteiger partial charge on any atom is 0.350 e. The molecule has 0 fully saturated rings. The Labute approximate surface area is 155 Å². The first-order chi connectivity index (χ1) is 12.2. The van der Waals surface area contributed by atoms with Crippen molar-refractivity contribution in [1.29, 1.82) is 0 Å². The summed E-state index contributed by atoms with van der Waals surface area (Å²) in [5.74, 6) is -0.701. The number of aryl methyl sites for hydroxylation is 1. The Balaban J connectivity index is 2.22. The second-order valence-electron chi connectivity index (χ2n) is 5.33. The molecule has 26 heavy (non-hydrogen) atoms. The molecule has 2 aromatic rings. The van der Waals surface area contributed by atoms with Crippen LogP contribution in [0.1, 0.15) is 29.2 Å². The Kier molecular flexibility index (Phi) is 5.98. The van der Waals surface area contributed by atoms with Crippen LogP contribution in [0.5, 0.6) is 0 Å². The highest BCUT2D eigenvalue weighted by molar-refractivity contribution is 7.93. The molecule has 2 rings (SSSR count). The van der Waals surface area contributed by atoms with Crippen LogP contribution in [-0.2, 0) is 19.6 Å². The van der Waals surface area contributed by atoms with Crippen LogP contribution in [-0.4, -0.2) is 38.9 Å². The number of rotatable bonds is 6. The molecule has 0 bridgehead atoms. The van der Waals surface area contributed by atoms with Gasteiger partial charge in [-0.05, 0) is 38.1 Å². The molecule has 0 spiro atoms. The zero-order chi connectivity index (χ0) is 19.5. The third-order valence-electron chi connectivity index (χ3n) is 3.49. The molecule has 0 unspecified atom stereocenters. The fourth-order valence-electron chi connectivity index (χ4n) is 2.03. The molecule has 1 amide bonds. The summed E-state index contributed by atoms with van der Waals surface area (Å²) in [7, 11) is -2.28. The minimum absolute atomic E-state index is 0.0174. The summed E-state index contributed by atoms with van der Waals surface area (Å²) in [6, 6.07) is 5.86. The first-order valence-electron chi connectivity index (χ1n) is 7.67. The summed E-state index contributed by atoms with van der Waals surface area (Å²) < 4.78 is 32.3. The molecule has 1 heterocycles. The van der Waals surface area contributed by atoms with Gasteiger partial charge in [0.05, 0.1) is 17.2 Å². The van der Waals surface area contributed by atoms with Gasteiger partial charge in [0.25, 0.3) is 10.0 Å². The van der Waals surface area contributed by atoms with Gasteiger partial charge in [-0.2, -0.15) is 0 Å². The highest BCUT2D eigenvalue weighted by atomic mass is 32.2. The van der Waals surface area contributed by atoms with E-state index in [1.54, 1.807) is 20.9 Å². The van der Waals surface area contributed by atoms with Gasteiger partial charge in [-0.1, -0.05) is 11.3 Å². The fourth-order valence-corrected chi connectivity index (χ4v) is 4.13. The van der Waals surface area contributed by atoms with Gasteiger partial charge in [-0.25, -0.2) is 18.2 Å². The Hall–Kier alpha value is -2.46. The number of nitrogens with zero attached hydrogens (tertiary/aromatic N) is 2. The molecule has 140 valence electrons. The van der Waals surface area contributed by atoms with E-state index < -0.39 is 16.0 Å². The third-order valence-corrected chi connectivity index (χ3v) is 6.02. The van der Waals surface area contributed by atoms with Gasteiger partial charge in [-0.15, -0.1) is 0 Å². The van der Waals surface area contributed by atoms with E-state index in [2.05, 4.69) is 9.71 Å². The predicted octanol–water partition coefficient (Wildman–Crippen LogP) is 2.41. The largest absolute Gasteiger partial charge is 0.462 e. The molecular formula is C16H19N3O5S2. The number of benzene rings is 1. The lowest BCUT2D eigenvalue weighted by Gasteiger charge is -2.15. The Bertz CT molecular complexity index is 920. The summed E-state index contributed by atoms with van der Waals surface area (Å²) >= 11 is 0.912. The molecule has 1 aromatic heterocycles. The highest BCUT2D eigenvalue weighted by Crippen LogP contribution is 2.26. The molecule has 8 nitrogen and oxygen atoms in total. The molecule has 0 aliphatic rings. The quantitative estimate of drug-likeness (QED) is 0.751. The molecular weight excluding hydrogens is 378 g/mol. The van der Waals surface area contributed by atoms with Crippen LogP contribution in [0.15, 0.2) is 29.2 Å². The number of ether oxygens (including phenoxy) is 1. The number of anilines is 2. The normalized spacial score (nSPS) is 11.1. The number of nitrogens with one attached hydrogen (secondary N) is 1. The topological polar surface area (TPSA) is 106 Å². The molecule has 0 atom stereocenters. The molecule has 1 N–H and O–H groups in total. The maximum atomic E-state index is 12.5. The number of hydrogen-bond acceptors (Lipinski definition) is 7. The number of thiazole rings is 1. The lowest BCUT2D eigenvalue weighted by molar-refractivity contribution is -0.116. The van der Waals surface area contributed by atoms with Gasteiger partial charge in [0.15, 0.2) is 5.13 Å². The van der Waals surface area contributed by atoms with E-state index in [0.717, 1.165) is 11.3 Å².